The molecule has 0 radical (unpaired) electrons. The minimum absolute atomic E-state index is 0.00289. The number of hydrogen-bond donors (Lipinski definition) is 2. The Kier molecular flexibility index (Phi) is 9.89. The Balaban J connectivity index is 1.89. The third-order valence-electron chi connectivity index (χ3n) is 6.83. The fourth-order valence-corrected chi connectivity index (χ4v) is 4.70. The van der Waals surface area contributed by atoms with Crippen molar-refractivity contribution in [3.05, 3.63) is 65.4 Å². The van der Waals surface area contributed by atoms with E-state index in [0.717, 1.165) is 32.1 Å². The molecule has 3 aromatic rings. The third-order valence-corrected chi connectivity index (χ3v) is 6.83. The van der Waals surface area contributed by atoms with Gasteiger partial charge in [0.05, 0.1) is 11.9 Å². The molecule has 0 aliphatic heterocycles. The van der Waals surface area contributed by atoms with Crippen molar-refractivity contribution in [3.8, 4) is 5.75 Å². The van der Waals surface area contributed by atoms with Gasteiger partial charge >= 0.3 is 0 Å². The molecule has 1 atom stereocenters. The number of aromatic nitrogens is 1. The Morgan fingerprint density at radius 3 is 2.38 bits per heavy atom. The number of aromatic hydroxyl groups is 1. The molecule has 1 heterocycles. The first-order valence-corrected chi connectivity index (χ1v) is 13.2. The highest BCUT2D eigenvalue weighted by atomic mass is 16.3. The second kappa shape index (κ2) is 13.1. The summed E-state index contributed by atoms with van der Waals surface area (Å²) in [5, 5.41) is 13.8. The van der Waals surface area contributed by atoms with Crippen LogP contribution in [0.3, 0.4) is 0 Å². The monoisotopic (exact) mass is 505 g/mol. The molecule has 0 fully saturated rings. The van der Waals surface area contributed by atoms with Crippen LogP contribution in [0.25, 0.3) is 10.9 Å². The van der Waals surface area contributed by atoms with Gasteiger partial charge in [0.2, 0.25) is 11.8 Å². The van der Waals surface area contributed by atoms with Gasteiger partial charge in [-0.3, -0.25) is 19.0 Å². The van der Waals surface area contributed by atoms with Crippen LogP contribution in [-0.4, -0.2) is 51.9 Å². The number of carbonyl (C=O) groups excluding carboxylic acids is 3. The van der Waals surface area contributed by atoms with E-state index >= 15 is 0 Å². The lowest BCUT2D eigenvalue weighted by molar-refractivity contribution is -0.135. The Labute approximate surface area is 219 Å². The summed E-state index contributed by atoms with van der Waals surface area (Å²) >= 11 is 0. The van der Waals surface area contributed by atoms with Crippen LogP contribution in [0.15, 0.2) is 48.5 Å². The number of likely N-dealkylation sites (N-methyl/N-ethyl adjacent to an activating group) is 1. The van der Waals surface area contributed by atoms with E-state index in [2.05, 4.69) is 19.2 Å². The maximum absolute atomic E-state index is 13.4. The van der Waals surface area contributed by atoms with Crippen LogP contribution in [0.2, 0.25) is 0 Å². The van der Waals surface area contributed by atoms with Gasteiger partial charge in [0.25, 0.3) is 5.91 Å². The molecule has 0 spiro atoms. The minimum atomic E-state index is -0.589. The lowest BCUT2D eigenvalue weighted by Gasteiger charge is -2.25. The van der Waals surface area contributed by atoms with Crippen molar-refractivity contribution < 1.29 is 19.5 Å². The zero-order chi connectivity index (χ0) is 26.9. The first-order chi connectivity index (χ1) is 17.8. The van der Waals surface area contributed by atoms with Crippen molar-refractivity contribution in [1.29, 1.82) is 0 Å². The van der Waals surface area contributed by atoms with Gasteiger partial charge in [-0.2, -0.15) is 0 Å². The van der Waals surface area contributed by atoms with Crippen molar-refractivity contribution in [2.45, 2.75) is 71.8 Å². The number of amides is 2. The average molecular weight is 506 g/mol. The summed E-state index contributed by atoms with van der Waals surface area (Å²) in [6.45, 7) is 6.65. The quantitative estimate of drug-likeness (QED) is 0.331. The molecule has 0 aliphatic carbocycles. The number of hydrogen-bond acceptors (Lipinski definition) is 4. The number of nitrogens with zero attached hydrogens (tertiary/aromatic N) is 2. The van der Waals surface area contributed by atoms with E-state index in [-0.39, 0.29) is 29.9 Å². The molecule has 0 bridgehead atoms. The van der Waals surface area contributed by atoms with E-state index in [9.17, 15) is 19.5 Å². The highest BCUT2D eigenvalue weighted by Crippen LogP contribution is 2.30. The molecule has 2 N–H and O–H groups in total. The molecule has 198 valence electrons. The normalized spacial score (nSPS) is 11.9. The second-order valence-electron chi connectivity index (χ2n) is 9.68. The Bertz CT molecular complexity index is 1230. The van der Waals surface area contributed by atoms with E-state index in [1.807, 2.05) is 25.1 Å². The van der Waals surface area contributed by atoms with Crippen molar-refractivity contribution in [2.75, 3.05) is 13.6 Å². The number of phenols is 1. The van der Waals surface area contributed by atoms with Crippen molar-refractivity contribution in [1.82, 2.24) is 14.8 Å². The van der Waals surface area contributed by atoms with Gasteiger partial charge in [0.15, 0.2) is 0 Å². The predicted octanol–water partition coefficient (Wildman–Crippen LogP) is 5.21. The van der Waals surface area contributed by atoms with Crippen LogP contribution in [0.5, 0.6) is 5.75 Å². The first kappa shape index (κ1) is 28.0. The lowest BCUT2D eigenvalue weighted by atomic mass is 10.0. The molecular formula is C30H39N3O4. The molecule has 1 unspecified atom stereocenters. The number of fused-ring (bicyclic) bond motifs is 1. The second-order valence-corrected chi connectivity index (χ2v) is 9.68. The minimum Gasteiger partial charge on any atom is -0.508 e. The van der Waals surface area contributed by atoms with Crippen LogP contribution < -0.4 is 5.32 Å². The molecule has 37 heavy (non-hydrogen) atoms. The van der Waals surface area contributed by atoms with E-state index < -0.39 is 6.04 Å². The van der Waals surface area contributed by atoms with Gasteiger partial charge in [-0.15, -0.1) is 0 Å². The van der Waals surface area contributed by atoms with Gasteiger partial charge in [0, 0.05) is 30.2 Å². The molecule has 1 aromatic heterocycles. The van der Waals surface area contributed by atoms with E-state index in [4.69, 9.17) is 0 Å². The lowest BCUT2D eigenvalue weighted by Crippen LogP contribution is -2.48. The fraction of sp³-hybridized carbons (Fsp3) is 0.433. The molecule has 7 nitrogen and oxygen atoms in total. The molecule has 0 saturated heterocycles. The SMILES string of the molecule is CCCCCC(NC(=O)Cc1c(C)n(C(=O)c2ccccc2)c2ccc(O)cc12)C(=O)N(C)CCCC. The maximum Gasteiger partial charge on any atom is 0.262 e. The van der Waals surface area contributed by atoms with E-state index in [1.54, 1.807) is 40.8 Å². The summed E-state index contributed by atoms with van der Waals surface area (Å²) in [4.78, 5) is 41.5. The molecular weight excluding hydrogens is 466 g/mol. The largest absolute Gasteiger partial charge is 0.508 e. The highest BCUT2D eigenvalue weighted by molar-refractivity contribution is 6.05. The molecule has 0 saturated carbocycles. The van der Waals surface area contributed by atoms with Gasteiger partial charge in [0.1, 0.15) is 11.8 Å². The fourth-order valence-electron chi connectivity index (χ4n) is 4.70. The van der Waals surface area contributed by atoms with Crippen LogP contribution >= 0.6 is 0 Å². The molecule has 3 rings (SSSR count). The summed E-state index contributed by atoms with van der Waals surface area (Å²) in [5.74, 6) is -0.500. The predicted molar refractivity (Wildman–Crippen MR) is 147 cm³/mol. The summed E-state index contributed by atoms with van der Waals surface area (Å²) in [6, 6.07) is 13.2. The van der Waals surface area contributed by atoms with E-state index in [1.165, 1.54) is 6.07 Å². The molecule has 2 amide bonds. The third kappa shape index (κ3) is 6.79. The van der Waals surface area contributed by atoms with Crippen LogP contribution in [0, 0.1) is 6.92 Å². The Hall–Kier alpha value is -3.61. The van der Waals surface area contributed by atoms with Crippen LogP contribution in [0.4, 0.5) is 0 Å². The van der Waals surface area contributed by atoms with Gasteiger partial charge < -0.3 is 15.3 Å². The standard InChI is InChI=1S/C30H39N3O4/c1-5-7-10-15-26(30(37)32(4)18-8-6-2)31-28(35)20-24-21(3)33(27-17-16-23(34)19-25(24)27)29(36)22-13-11-9-12-14-22/h9,11-14,16-17,19,26,34H,5-8,10,15,18,20H2,1-4H3,(H,31,35). The summed E-state index contributed by atoms with van der Waals surface area (Å²) in [6.07, 6.45) is 5.36. The van der Waals surface area contributed by atoms with Gasteiger partial charge in [-0.25, -0.2) is 0 Å². The van der Waals surface area contributed by atoms with E-state index in [0.29, 0.717) is 40.7 Å². The van der Waals surface area contributed by atoms with Gasteiger partial charge in [-0.1, -0.05) is 57.7 Å². The number of benzene rings is 2. The Morgan fingerprint density at radius 1 is 1.00 bits per heavy atom. The first-order valence-electron chi connectivity index (χ1n) is 13.2. The number of rotatable bonds is 12. The number of carbonyl (C=O) groups is 3. The highest BCUT2D eigenvalue weighted by Gasteiger charge is 2.26. The van der Waals surface area contributed by atoms with Crippen molar-refractivity contribution in [3.63, 3.8) is 0 Å². The molecule has 0 aliphatic rings. The summed E-state index contributed by atoms with van der Waals surface area (Å²) < 4.78 is 1.59. The average Bonchev–Trinajstić information content (AvgIpc) is 3.16. The van der Waals surface area contributed by atoms with Crippen molar-refractivity contribution >= 4 is 28.6 Å². The maximum atomic E-state index is 13.4. The Morgan fingerprint density at radius 2 is 1.70 bits per heavy atom. The molecule has 2 aromatic carbocycles. The zero-order valence-corrected chi connectivity index (χ0v) is 22.4. The smallest absolute Gasteiger partial charge is 0.262 e. The van der Waals surface area contributed by atoms with Crippen LogP contribution in [0.1, 0.15) is 74.0 Å². The number of phenolic OH excluding ortho intramolecular Hbond substituents is 1. The van der Waals surface area contributed by atoms with Gasteiger partial charge in [-0.05, 0) is 55.7 Å². The zero-order valence-electron chi connectivity index (χ0n) is 22.4. The number of unbranched alkanes of at least 4 members (excludes halogenated alkanes) is 3. The number of nitrogens with one attached hydrogen (secondary N) is 1. The van der Waals surface area contributed by atoms with Crippen molar-refractivity contribution in [2.24, 2.45) is 0 Å². The summed E-state index contributed by atoms with van der Waals surface area (Å²) in [7, 11) is 1.78. The molecule has 7 heteroatoms. The summed E-state index contributed by atoms with van der Waals surface area (Å²) in [5.41, 5.74) is 2.45. The van der Waals surface area contributed by atoms with Crippen LogP contribution in [-0.2, 0) is 16.0 Å². The topological polar surface area (TPSA) is 91.6 Å².